The van der Waals surface area contributed by atoms with Gasteiger partial charge in [0.15, 0.2) is 17.4 Å². The molecule has 28 heavy (non-hydrogen) atoms. The van der Waals surface area contributed by atoms with Crippen molar-refractivity contribution in [2.24, 2.45) is 4.99 Å². The second-order valence-corrected chi connectivity index (χ2v) is 7.51. The monoisotopic (exact) mass is 399 g/mol. The molecule has 3 aromatic rings. The van der Waals surface area contributed by atoms with Gasteiger partial charge in [-0.1, -0.05) is 12.1 Å². The zero-order chi connectivity index (χ0) is 19.2. The lowest BCUT2D eigenvalue weighted by Crippen LogP contribution is -2.46. The van der Waals surface area contributed by atoms with E-state index in [1.54, 1.807) is 18.4 Å². The van der Waals surface area contributed by atoms with Crippen LogP contribution in [0.3, 0.4) is 0 Å². The van der Waals surface area contributed by atoms with Crippen LogP contribution in [0.25, 0.3) is 5.65 Å². The summed E-state index contributed by atoms with van der Waals surface area (Å²) in [5.41, 5.74) is 0.840. The number of aromatic nitrogens is 3. The fourth-order valence-electron chi connectivity index (χ4n) is 3.37. The Labute approximate surface area is 168 Å². The number of fused-ring (bicyclic) bond motifs is 1. The average molecular weight is 400 g/mol. The van der Waals surface area contributed by atoms with Crippen LogP contribution in [0.1, 0.15) is 16.7 Å². The van der Waals surface area contributed by atoms with Crippen molar-refractivity contribution in [1.82, 2.24) is 30.1 Å². The molecule has 0 bridgehead atoms. The molecule has 1 aliphatic heterocycles. The number of guanidine groups is 1. The summed E-state index contributed by atoms with van der Waals surface area (Å²) in [5, 5.41) is 17.4. The van der Waals surface area contributed by atoms with Crippen LogP contribution >= 0.6 is 11.3 Å². The van der Waals surface area contributed by atoms with Crippen LogP contribution in [0.4, 0.5) is 0 Å². The number of hydrogen-bond donors (Lipinski definition) is 2. The maximum Gasteiger partial charge on any atom is 0.191 e. The topological polar surface area (TPSA) is 79.1 Å². The number of thiophene rings is 1. The van der Waals surface area contributed by atoms with Crippen molar-refractivity contribution in [3.63, 3.8) is 0 Å². The minimum absolute atomic E-state index is 0.302. The first-order valence-electron chi connectivity index (χ1n) is 9.43. The van der Waals surface area contributed by atoms with Crippen LogP contribution in [0.5, 0.6) is 0 Å². The summed E-state index contributed by atoms with van der Waals surface area (Å²) >= 11 is 1.79. The molecule has 1 fully saturated rings. The highest BCUT2D eigenvalue weighted by Gasteiger charge is 2.23. The third kappa shape index (κ3) is 4.32. The number of rotatable bonds is 6. The van der Waals surface area contributed by atoms with E-state index < -0.39 is 0 Å². The van der Waals surface area contributed by atoms with Crippen molar-refractivity contribution in [2.75, 3.05) is 39.9 Å². The molecule has 4 rings (SSSR count). The fraction of sp³-hybridized carbons (Fsp3) is 0.421. The standard InChI is InChI=1S/C19H25N7OS/c1-20-19(22-14-18-24-23-17-6-2-3-7-26(17)18)21-13-15(16-5-4-12-28-16)25-8-10-27-11-9-25/h2-7,12,15H,8-11,13-14H2,1H3,(H2,20,21,22). The third-order valence-corrected chi connectivity index (χ3v) is 5.82. The Balaban J connectivity index is 1.38. The normalized spacial score (nSPS) is 17.0. The molecule has 9 heteroatoms. The third-order valence-electron chi connectivity index (χ3n) is 4.84. The summed E-state index contributed by atoms with van der Waals surface area (Å²) < 4.78 is 7.49. The van der Waals surface area contributed by atoms with Crippen molar-refractivity contribution < 1.29 is 4.74 Å². The summed E-state index contributed by atoms with van der Waals surface area (Å²) in [4.78, 5) is 8.19. The largest absolute Gasteiger partial charge is 0.379 e. The number of morpholine rings is 1. The van der Waals surface area contributed by atoms with Crippen LogP contribution in [0.15, 0.2) is 46.9 Å². The second-order valence-electron chi connectivity index (χ2n) is 6.53. The minimum atomic E-state index is 0.302. The zero-order valence-corrected chi connectivity index (χ0v) is 16.7. The van der Waals surface area contributed by atoms with Gasteiger partial charge in [0.05, 0.1) is 25.8 Å². The van der Waals surface area contributed by atoms with Gasteiger partial charge < -0.3 is 15.4 Å². The smallest absolute Gasteiger partial charge is 0.191 e. The number of nitrogens with zero attached hydrogens (tertiary/aromatic N) is 5. The molecule has 1 aliphatic rings. The first kappa shape index (κ1) is 18.9. The molecular formula is C19H25N7OS. The molecule has 1 atom stereocenters. The molecule has 0 aliphatic carbocycles. The van der Waals surface area contributed by atoms with Gasteiger partial charge in [-0.25, -0.2) is 0 Å². The average Bonchev–Trinajstić information content (AvgIpc) is 3.42. The number of ether oxygens (including phenoxy) is 1. The van der Waals surface area contributed by atoms with E-state index in [-0.39, 0.29) is 0 Å². The molecule has 0 amide bonds. The lowest BCUT2D eigenvalue weighted by Gasteiger charge is -2.34. The molecule has 0 saturated carbocycles. The molecular weight excluding hydrogens is 374 g/mol. The van der Waals surface area contributed by atoms with Crippen molar-refractivity contribution in [3.05, 3.63) is 52.6 Å². The Morgan fingerprint density at radius 2 is 2.11 bits per heavy atom. The van der Waals surface area contributed by atoms with Crippen LogP contribution < -0.4 is 10.6 Å². The van der Waals surface area contributed by atoms with Crippen LogP contribution in [-0.4, -0.2) is 65.4 Å². The maximum absolute atomic E-state index is 5.52. The lowest BCUT2D eigenvalue weighted by atomic mass is 10.2. The summed E-state index contributed by atoms with van der Waals surface area (Å²) in [7, 11) is 1.78. The highest BCUT2D eigenvalue weighted by molar-refractivity contribution is 7.10. The predicted octanol–water partition coefficient (Wildman–Crippen LogP) is 1.53. The predicted molar refractivity (Wildman–Crippen MR) is 111 cm³/mol. The summed E-state index contributed by atoms with van der Waals surface area (Å²) in [6.07, 6.45) is 1.97. The minimum Gasteiger partial charge on any atom is -0.379 e. The van der Waals surface area contributed by atoms with Gasteiger partial charge in [0.1, 0.15) is 0 Å². The van der Waals surface area contributed by atoms with Crippen LogP contribution in [0, 0.1) is 0 Å². The first-order valence-corrected chi connectivity index (χ1v) is 10.3. The summed E-state index contributed by atoms with van der Waals surface area (Å²) in [6.45, 7) is 4.79. The highest BCUT2D eigenvalue weighted by atomic mass is 32.1. The van der Waals surface area contributed by atoms with E-state index in [1.807, 2.05) is 28.8 Å². The van der Waals surface area contributed by atoms with E-state index in [0.717, 1.165) is 50.3 Å². The Hall–Kier alpha value is -2.49. The van der Waals surface area contributed by atoms with E-state index in [2.05, 4.69) is 48.2 Å². The Bertz CT molecular complexity index is 902. The van der Waals surface area contributed by atoms with Gasteiger partial charge in [-0.3, -0.25) is 14.3 Å². The highest BCUT2D eigenvalue weighted by Crippen LogP contribution is 2.25. The van der Waals surface area contributed by atoms with E-state index in [9.17, 15) is 0 Å². The SMILES string of the molecule is CN=C(NCc1nnc2ccccn12)NCC(c1cccs1)N1CCOCC1. The molecule has 0 radical (unpaired) electrons. The van der Waals surface area contributed by atoms with Crippen molar-refractivity contribution in [1.29, 1.82) is 0 Å². The number of aliphatic imine (C=N–C) groups is 1. The molecule has 8 nitrogen and oxygen atoms in total. The molecule has 1 saturated heterocycles. The Morgan fingerprint density at radius 1 is 1.21 bits per heavy atom. The first-order chi connectivity index (χ1) is 13.8. The van der Waals surface area contributed by atoms with Crippen molar-refractivity contribution >= 4 is 22.9 Å². The van der Waals surface area contributed by atoms with Crippen molar-refractivity contribution in [3.8, 4) is 0 Å². The number of nitrogens with one attached hydrogen (secondary N) is 2. The van der Waals surface area contributed by atoms with Gasteiger partial charge in [-0.2, -0.15) is 0 Å². The number of hydrogen-bond acceptors (Lipinski definition) is 6. The fourth-order valence-corrected chi connectivity index (χ4v) is 4.23. The van der Waals surface area contributed by atoms with E-state index in [0.29, 0.717) is 12.6 Å². The van der Waals surface area contributed by atoms with Crippen molar-refractivity contribution in [2.45, 2.75) is 12.6 Å². The van der Waals surface area contributed by atoms with Gasteiger partial charge in [0.25, 0.3) is 0 Å². The molecule has 148 valence electrons. The summed E-state index contributed by atoms with van der Waals surface area (Å²) in [6, 6.07) is 10.5. The molecule has 0 spiro atoms. The maximum atomic E-state index is 5.52. The Morgan fingerprint density at radius 3 is 2.89 bits per heavy atom. The molecule has 0 aromatic carbocycles. The quantitative estimate of drug-likeness (QED) is 0.483. The molecule has 2 N–H and O–H groups in total. The van der Waals surface area contributed by atoms with E-state index in [1.165, 1.54) is 4.88 Å². The van der Waals surface area contributed by atoms with Gasteiger partial charge in [-0.15, -0.1) is 21.5 Å². The molecule has 3 aromatic heterocycles. The Kier molecular flexibility index (Phi) is 6.15. The van der Waals surface area contributed by atoms with Gasteiger partial charge in [0.2, 0.25) is 0 Å². The van der Waals surface area contributed by atoms with Gasteiger partial charge >= 0.3 is 0 Å². The lowest BCUT2D eigenvalue weighted by molar-refractivity contribution is 0.0177. The molecule has 4 heterocycles. The van der Waals surface area contributed by atoms with Crippen LogP contribution in [0.2, 0.25) is 0 Å². The van der Waals surface area contributed by atoms with Gasteiger partial charge in [-0.05, 0) is 23.6 Å². The molecule has 1 unspecified atom stereocenters. The van der Waals surface area contributed by atoms with Gasteiger partial charge in [0, 0.05) is 37.8 Å². The van der Waals surface area contributed by atoms with Crippen LogP contribution in [-0.2, 0) is 11.3 Å². The van der Waals surface area contributed by atoms with E-state index in [4.69, 9.17) is 4.74 Å². The van der Waals surface area contributed by atoms with E-state index >= 15 is 0 Å². The second kappa shape index (κ2) is 9.13. The number of pyridine rings is 1. The zero-order valence-electron chi connectivity index (χ0n) is 15.9. The summed E-state index contributed by atoms with van der Waals surface area (Å²) in [5.74, 6) is 1.60.